The molecule has 10 heteroatoms. The fourth-order valence-electron chi connectivity index (χ4n) is 4.01. The maximum atomic E-state index is 13.6. The topological polar surface area (TPSA) is 111 Å². The van der Waals surface area contributed by atoms with Gasteiger partial charge in [-0.05, 0) is 67.8 Å². The van der Waals surface area contributed by atoms with Gasteiger partial charge in [0.25, 0.3) is 0 Å². The normalized spacial score (nSPS) is 15.8. The number of anilines is 1. The molecule has 0 fully saturated rings. The maximum Gasteiger partial charge on any atom is 0.307 e. The molecule has 1 aliphatic rings. The number of fused-ring (bicyclic) bond motifs is 1. The van der Waals surface area contributed by atoms with Gasteiger partial charge in [0, 0.05) is 19.2 Å². The van der Waals surface area contributed by atoms with E-state index in [2.05, 4.69) is 5.32 Å². The summed E-state index contributed by atoms with van der Waals surface area (Å²) >= 11 is 0. The largest absolute Gasteiger partial charge is 0.490 e. The van der Waals surface area contributed by atoms with Gasteiger partial charge in [0.05, 0.1) is 37.7 Å². The summed E-state index contributed by atoms with van der Waals surface area (Å²) in [6, 6.07) is 8.79. The minimum atomic E-state index is -3.96. The first-order valence-corrected chi connectivity index (χ1v) is 12.5. The highest BCUT2D eigenvalue weighted by molar-refractivity contribution is 7.89. The van der Waals surface area contributed by atoms with E-state index in [1.165, 1.54) is 42.6 Å². The first kappa shape index (κ1) is 25.5. The Kier molecular flexibility index (Phi) is 8.16. The number of amides is 1. The first-order valence-electron chi connectivity index (χ1n) is 11.1. The van der Waals surface area contributed by atoms with Crippen molar-refractivity contribution in [2.45, 2.75) is 44.6 Å². The summed E-state index contributed by atoms with van der Waals surface area (Å²) in [5.74, 6) is 0.311. The van der Waals surface area contributed by atoms with Crippen molar-refractivity contribution in [2.75, 3.05) is 32.2 Å². The molecule has 1 amide bonds. The number of methoxy groups -OCH3 is 1. The molecule has 0 aromatic heterocycles. The Morgan fingerprint density at radius 2 is 1.68 bits per heavy atom. The molecule has 1 unspecified atom stereocenters. The molecule has 2 aromatic rings. The van der Waals surface area contributed by atoms with Crippen LogP contribution in [-0.4, -0.2) is 51.5 Å². The van der Waals surface area contributed by atoms with E-state index in [1.54, 1.807) is 6.07 Å². The van der Waals surface area contributed by atoms with Gasteiger partial charge < -0.3 is 19.5 Å². The minimum absolute atomic E-state index is 0.0656. The monoisotopic (exact) mass is 490 g/mol. The lowest BCUT2D eigenvalue weighted by Crippen LogP contribution is -2.41. The van der Waals surface area contributed by atoms with Crippen LogP contribution < -0.4 is 14.8 Å². The van der Waals surface area contributed by atoms with Crippen LogP contribution in [0.15, 0.2) is 41.3 Å². The fraction of sp³-hybridized carbons (Fsp3) is 0.417. The van der Waals surface area contributed by atoms with Crippen molar-refractivity contribution >= 4 is 27.6 Å². The van der Waals surface area contributed by atoms with Crippen LogP contribution in [0, 0.1) is 0 Å². The fourth-order valence-corrected chi connectivity index (χ4v) is 5.62. The molecule has 0 radical (unpaired) electrons. The van der Waals surface area contributed by atoms with E-state index in [9.17, 15) is 18.0 Å². The molecule has 2 aromatic carbocycles. The van der Waals surface area contributed by atoms with Crippen LogP contribution in [-0.2, 0) is 30.8 Å². The summed E-state index contributed by atoms with van der Waals surface area (Å²) in [5, 5.41) is 2.62. The Labute approximate surface area is 200 Å². The Morgan fingerprint density at radius 3 is 2.24 bits per heavy atom. The summed E-state index contributed by atoms with van der Waals surface area (Å²) in [4.78, 5) is 23.6. The van der Waals surface area contributed by atoms with Crippen LogP contribution in [0.25, 0.3) is 0 Å². The molecule has 0 spiro atoms. The lowest BCUT2D eigenvalue weighted by atomic mass is 9.91. The second-order valence-corrected chi connectivity index (χ2v) is 9.62. The smallest absolute Gasteiger partial charge is 0.307 e. The summed E-state index contributed by atoms with van der Waals surface area (Å²) in [6.07, 6.45) is 0.301. The number of rotatable bonds is 9. The highest BCUT2D eigenvalue weighted by atomic mass is 32.2. The van der Waals surface area contributed by atoms with Gasteiger partial charge >= 0.3 is 5.97 Å². The van der Waals surface area contributed by atoms with E-state index in [0.717, 1.165) is 5.56 Å². The number of hydrogen-bond donors (Lipinski definition) is 1. The molecule has 0 bridgehead atoms. The number of carbonyl (C=O) groups is 2. The molecule has 0 aliphatic carbocycles. The molecule has 1 atom stereocenters. The van der Waals surface area contributed by atoms with E-state index in [4.69, 9.17) is 14.2 Å². The number of nitrogens with zero attached hydrogens (tertiary/aromatic N) is 1. The zero-order valence-electron chi connectivity index (χ0n) is 19.8. The summed E-state index contributed by atoms with van der Waals surface area (Å²) in [5.41, 5.74) is 2.07. The van der Waals surface area contributed by atoms with Crippen molar-refractivity contribution < 1.29 is 32.2 Å². The third-order valence-electron chi connectivity index (χ3n) is 5.48. The lowest BCUT2D eigenvalue weighted by Gasteiger charge is -2.36. The minimum Gasteiger partial charge on any atom is -0.490 e. The third-order valence-corrected chi connectivity index (χ3v) is 7.40. The van der Waals surface area contributed by atoms with Crippen LogP contribution >= 0.6 is 0 Å². The van der Waals surface area contributed by atoms with E-state index in [1.807, 2.05) is 19.9 Å². The van der Waals surface area contributed by atoms with Gasteiger partial charge in [-0.15, -0.1) is 0 Å². The van der Waals surface area contributed by atoms with Crippen LogP contribution in [0.5, 0.6) is 11.5 Å². The van der Waals surface area contributed by atoms with Crippen molar-refractivity contribution in [3.63, 3.8) is 0 Å². The predicted octanol–water partition coefficient (Wildman–Crippen LogP) is 3.29. The average Bonchev–Trinajstić information content (AvgIpc) is 2.80. The zero-order chi connectivity index (χ0) is 24.9. The van der Waals surface area contributed by atoms with E-state index < -0.39 is 22.0 Å². The van der Waals surface area contributed by atoms with Crippen molar-refractivity contribution in [3.8, 4) is 11.5 Å². The Hall–Kier alpha value is -3.11. The van der Waals surface area contributed by atoms with Gasteiger partial charge in [0.2, 0.25) is 15.9 Å². The van der Waals surface area contributed by atoms with Crippen LogP contribution in [0.3, 0.4) is 0 Å². The second kappa shape index (κ2) is 10.9. The summed E-state index contributed by atoms with van der Waals surface area (Å²) in [6.45, 7) is 6.15. The van der Waals surface area contributed by atoms with Crippen LogP contribution in [0.2, 0.25) is 0 Å². The van der Waals surface area contributed by atoms with E-state index >= 15 is 0 Å². The van der Waals surface area contributed by atoms with Gasteiger partial charge in [-0.3, -0.25) is 9.59 Å². The van der Waals surface area contributed by atoms with Crippen LogP contribution in [0.4, 0.5) is 5.69 Å². The standard InChI is InChI=1S/C24H30N2O7S/c1-5-32-22-13-17-11-12-26(21(15-24(28)31-4)20(17)14-23(22)33-6-2)34(29,30)19-9-7-18(8-10-19)25-16(3)27/h7-10,13-14,21H,5-6,11-12,15H2,1-4H3,(H,25,27). The average molecular weight is 491 g/mol. The highest BCUT2D eigenvalue weighted by Crippen LogP contribution is 2.42. The second-order valence-electron chi connectivity index (χ2n) is 7.73. The third kappa shape index (κ3) is 5.51. The molecule has 184 valence electrons. The van der Waals surface area contributed by atoms with Gasteiger partial charge in [-0.25, -0.2) is 8.42 Å². The number of hydrogen-bond acceptors (Lipinski definition) is 7. The quantitative estimate of drug-likeness (QED) is 0.537. The maximum absolute atomic E-state index is 13.6. The number of esters is 1. The van der Waals surface area contributed by atoms with Gasteiger partial charge in [-0.2, -0.15) is 4.31 Å². The zero-order valence-corrected chi connectivity index (χ0v) is 20.6. The lowest BCUT2D eigenvalue weighted by molar-refractivity contribution is -0.141. The van der Waals surface area contributed by atoms with Gasteiger partial charge in [0.15, 0.2) is 11.5 Å². The van der Waals surface area contributed by atoms with E-state index in [-0.39, 0.29) is 23.8 Å². The number of sulfonamides is 1. The van der Waals surface area contributed by atoms with Crippen molar-refractivity contribution in [1.29, 1.82) is 0 Å². The Balaban J connectivity index is 2.05. The molecular weight excluding hydrogens is 460 g/mol. The van der Waals surface area contributed by atoms with Crippen molar-refractivity contribution in [1.82, 2.24) is 4.31 Å². The van der Waals surface area contributed by atoms with Gasteiger partial charge in [-0.1, -0.05) is 0 Å². The number of benzene rings is 2. The molecule has 3 rings (SSSR count). The molecule has 34 heavy (non-hydrogen) atoms. The predicted molar refractivity (Wildman–Crippen MR) is 126 cm³/mol. The highest BCUT2D eigenvalue weighted by Gasteiger charge is 2.38. The Morgan fingerprint density at radius 1 is 1.06 bits per heavy atom. The SMILES string of the molecule is CCOc1cc2c(cc1OCC)C(CC(=O)OC)N(S(=O)(=O)c1ccc(NC(C)=O)cc1)CC2. The summed E-state index contributed by atoms with van der Waals surface area (Å²) < 4.78 is 44.9. The number of nitrogens with one attached hydrogen (secondary N) is 1. The molecule has 0 saturated carbocycles. The molecule has 1 N–H and O–H groups in total. The summed E-state index contributed by atoms with van der Waals surface area (Å²) in [7, 11) is -2.68. The Bertz CT molecular complexity index is 1150. The molecule has 1 heterocycles. The molecule has 9 nitrogen and oxygen atoms in total. The molecule has 1 aliphatic heterocycles. The molecular formula is C24H30N2O7S. The number of ether oxygens (including phenoxy) is 3. The van der Waals surface area contributed by atoms with Crippen LogP contribution in [0.1, 0.15) is 44.4 Å². The number of carbonyl (C=O) groups excluding carboxylic acids is 2. The van der Waals surface area contributed by atoms with E-state index in [0.29, 0.717) is 42.4 Å². The molecule has 0 saturated heterocycles. The van der Waals surface area contributed by atoms with Crippen molar-refractivity contribution in [2.24, 2.45) is 0 Å². The van der Waals surface area contributed by atoms with Crippen molar-refractivity contribution in [3.05, 3.63) is 47.5 Å². The first-order chi connectivity index (χ1) is 16.2. The van der Waals surface area contributed by atoms with Gasteiger partial charge in [0.1, 0.15) is 0 Å².